The van der Waals surface area contributed by atoms with Gasteiger partial charge in [0.15, 0.2) is 11.5 Å². The average molecular weight is 403 g/mol. The molecule has 0 spiro atoms. The smallest absolute Gasteiger partial charge is 0.268 e. The number of benzene rings is 2. The third kappa shape index (κ3) is 2.62. The molecule has 0 saturated heterocycles. The monoisotopic (exact) mass is 402 g/mol. The maximum absolute atomic E-state index is 13.4. The lowest BCUT2D eigenvalue weighted by Gasteiger charge is -2.11. The molecule has 0 bridgehead atoms. The van der Waals surface area contributed by atoms with E-state index in [1.165, 1.54) is 24.4 Å². The van der Waals surface area contributed by atoms with Crippen LogP contribution < -0.4 is 9.47 Å². The summed E-state index contributed by atoms with van der Waals surface area (Å²) in [4.78, 5) is 4.28. The highest BCUT2D eigenvalue weighted by Crippen LogP contribution is 2.41. The molecule has 27 heavy (non-hydrogen) atoms. The van der Waals surface area contributed by atoms with E-state index in [9.17, 15) is 8.42 Å². The van der Waals surface area contributed by atoms with Gasteiger partial charge in [-0.05, 0) is 24.3 Å². The molecule has 0 aliphatic carbocycles. The number of rotatable bonds is 4. The molecule has 4 aromatic rings. The van der Waals surface area contributed by atoms with Crippen molar-refractivity contribution in [3.05, 3.63) is 59.9 Å². The SMILES string of the molecule is COc1cc2c3c(Cl)nccc3n(S(=O)(=O)c3ccccc3)c2cc1OC. The maximum Gasteiger partial charge on any atom is 0.268 e. The molecule has 2 aromatic heterocycles. The van der Waals surface area contributed by atoms with Gasteiger partial charge in [-0.25, -0.2) is 17.4 Å². The highest BCUT2D eigenvalue weighted by molar-refractivity contribution is 7.90. The van der Waals surface area contributed by atoms with Crippen LogP contribution in [0.2, 0.25) is 5.15 Å². The first-order chi connectivity index (χ1) is 13.0. The Hall–Kier alpha value is -2.77. The number of methoxy groups -OCH3 is 2. The Labute approximate surface area is 161 Å². The second-order valence-electron chi connectivity index (χ2n) is 5.80. The Kier molecular flexibility index (Phi) is 4.20. The summed E-state index contributed by atoms with van der Waals surface area (Å²) in [6, 6.07) is 13.2. The van der Waals surface area contributed by atoms with Gasteiger partial charge in [0.2, 0.25) is 0 Å². The first-order valence-electron chi connectivity index (χ1n) is 8.00. The standard InChI is InChI=1S/C19H15ClN2O4S/c1-25-16-10-13-15(11-17(16)26-2)22(14-8-9-21-19(20)18(13)14)27(23,24)12-6-4-3-5-7-12/h3-11H,1-2H3. The Morgan fingerprint density at radius 1 is 0.963 bits per heavy atom. The molecule has 0 amide bonds. The molecule has 0 N–H and O–H groups in total. The van der Waals surface area contributed by atoms with E-state index >= 15 is 0 Å². The van der Waals surface area contributed by atoms with Gasteiger partial charge in [0.25, 0.3) is 10.0 Å². The summed E-state index contributed by atoms with van der Waals surface area (Å²) >= 11 is 6.32. The molecule has 0 radical (unpaired) electrons. The molecule has 0 unspecified atom stereocenters. The minimum Gasteiger partial charge on any atom is -0.493 e. The molecule has 138 valence electrons. The van der Waals surface area contributed by atoms with Crippen LogP contribution in [0, 0.1) is 0 Å². The molecule has 2 aromatic carbocycles. The summed E-state index contributed by atoms with van der Waals surface area (Å²) in [6.07, 6.45) is 1.48. The van der Waals surface area contributed by atoms with Crippen molar-refractivity contribution < 1.29 is 17.9 Å². The van der Waals surface area contributed by atoms with E-state index in [0.717, 1.165) is 0 Å². The van der Waals surface area contributed by atoms with E-state index in [1.807, 2.05) is 0 Å². The molecule has 0 aliphatic rings. The topological polar surface area (TPSA) is 70.4 Å². The Bertz CT molecular complexity index is 1270. The Balaban J connectivity index is 2.21. The van der Waals surface area contributed by atoms with E-state index in [-0.39, 0.29) is 10.0 Å². The van der Waals surface area contributed by atoms with Crippen LogP contribution >= 0.6 is 11.6 Å². The Morgan fingerprint density at radius 2 is 1.63 bits per heavy atom. The van der Waals surface area contributed by atoms with Crippen molar-refractivity contribution >= 4 is 43.4 Å². The number of pyridine rings is 1. The Morgan fingerprint density at radius 3 is 2.30 bits per heavy atom. The minimum atomic E-state index is -3.88. The van der Waals surface area contributed by atoms with Gasteiger partial charge in [-0.1, -0.05) is 29.8 Å². The predicted molar refractivity (Wildman–Crippen MR) is 104 cm³/mol. The fourth-order valence-electron chi connectivity index (χ4n) is 3.17. The molecular weight excluding hydrogens is 388 g/mol. The highest BCUT2D eigenvalue weighted by Gasteiger charge is 2.26. The molecule has 6 nitrogen and oxygen atoms in total. The van der Waals surface area contributed by atoms with Gasteiger partial charge in [-0.15, -0.1) is 0 Å². The van der Waals surface area contributed by atoms with Crippen molar-refractivity contribution in [2.24, 2.45) is 0 Å². The van der Waals surface area contributed by atoms with Gasteiger partial charge >= 0.3 is 0 Å². The first-order valence-corrected chi connectivity index (χ1v) is 9.82. The summed E-state index contributed by atoms with van der Waals surface area (Å²) in [7, 11) is -0.862. The molecule has 0 aliphatic heterocycles. The first kappa shape index (κ1) is 17.6. The van der Waals surface area contributed by atoms with Crippen LogP contribution in [0.15, 0.2) is 59.6 Å². The van der Waals surface area contributed by atoms with Gasteiger partial charge in [-0.2, -0.15) is 0 Å². The lowest BCUT2D eigenvalue weighted by atomic mass is 10.2. The van der Waals surface area contributed by atoms with Gasteiger partial charge in [0.1, 0.15) is 5.15 Å². The van der Waals surface area contributed by atoms with Crippen LogP contribution in [-0.4, -0.2) is 31.6 Å². The maximum atomic E-state index is 13.4. The average Bonchev–Trinajstić information content (AvgIpc) is 3.02. The summed E-state index contributed by atoms with van der Waals surface area (Å²) in [5.41, 5.74) is 0.866. The van der Waals surface area contributed by atoms with Crippen LogP contribution in [0.4, 0.5) is 0 Å². The van der Waals surface area contributed by atoms with Gasteiger partial charge in [-0.3, -0.25) is 0 Å². The number of ether oxygens (including phenoxy) is 2. The van der Waals surface area contributed by atoms with Crippen molar-refractivity contribution in [3.8, 4) is 11.5 Å². The number of halogens is 1. The van der Waals surface area contributed by atoms with Crippen molar-refractivity contribution in [3.63, 3.8) is 0 Å². The second-order valence-corrected chi connectivity index (χ2v) is 7.95. The lowest BCUT2D eigenvalue weighted by Crippen LogP contribution is -2.12. The largest absolute Gasteiger partial charge is 0.493 e. The quantitative estimate of drug-likeness (QED) is 0.481. The normalized spacial score (nSPS) is 11.8. The summed E-state index contributed by atoms with van der Waals surface area (Å²) in [5.74, 6) is 0.891. The molecule has 0 atom stereocenters. The molecule has 8 heteroatoms. The highest BCUT2D eigenvalue weighted by atomic mass is 35.5. The molecule has 0 fully saturated rings. The van der Waals surface area contributed by atoms with E-state index in [1.54, 1.807) is 48.5 Å². The van der Waals surface area contributed by atoms with Gasteiger partial charge in [0.05, 0.1) is 30.1 Å². The van der Waals surface area contributed by atoms with Crippen LogP contribution in [0.3, 0.4) is 0 Å². The van der Waals surface area contributed by atoms with Gasteiger partial charge < -0.3 is 9.47 Å². The lowest BCUT2D eigenvalue weighted by molar-refractivity contribution is 0.356. The van der Waals surface area contributed by atoms with E-state index < -0.39 is 10.0 Å². The minimum absolute atomic E-state index is 0.173. The molecule has 4 rings (SSSR count). The van der Waals surface area contributed by atoms with Crippen LogP contribution in [0.25, 0.3) is 21.8 Å². The van der Waals surface area contributed by atoms with E-state index in [4.69, 9.17) is 21.1 Å². The third-order valence-corrected chi connectivity index (χ3v) is 6.40. The summed E-state index contributed by atoms with van der Waals surface area (Å²) in [6.45, 7) is 0. The van der Waals surface area contributed by atoms with Crippen molar-refractivity contribution in [2.75, 3.05) is 14.2 Å². The molecule has 0 saturated carbocycles. The van der Waals surface area contributed by atoms with Crippen LogP contribution in [-0.2, 0) is 10.0 Å². The zero-order valence-electron chi connectivity index (χ0n) is 14.5. The predicted octanol–water partition coefficient (Wildman–Crippen LogP) is 4.10. The summed E-state index contributed by atoms with van der Waals surface area (Å²) < 4.78 is 38.8. The fourth-order valence-corrected chi connectivity index (χ4v) is 4.96. The molecular formula is C19H15ClN2O4S. The third-order valence-electron chi connectivity index (χ3n) is 4.37. The van der Waals surface area contributed by atoms with Gasteiger partial charge in [0, 0.05) is 23.0 Å². The number of nitrogens with zero attached hydrogens (tertiary/aromatic N) is 2. The number of fused-ring (bicyclic) bond motifs is 3. The van der Waals surface area contributed by atoms with Crippen molar-refractivity contribution in [1.82, 2.24) is 8.96 Å². The summed E-state index contributed by atoms with van der Waals surface area (Å²) in [5, 5.41) is 1.36. The number of hydrogen-bond acceptors (Lipinski definition) is 5. The van der Waals surface area contributed by atoms with E-state index in [0.29, 0.717) is 33.3 Å². The van der Waals surface area contributed by atoms with Crippen LogP contribution in [0.5, 0.6) is 11.5 Å². The second kappa shape index (κ2) is 6.44. The zero-order valence-corrected chi connectivity index (χ0v) is 16.1. The number of aromatic nitrogens is 2. The van der Waals surface area contributed by atoms with Crippen LogP contribution in [0.1, 0.15) is 0 Å². The van der Waals surface area contributed by atoms with E-state index in [2.05, 4.69) is 4.98 Å². The van der Waals surface area contributed by atoms with Crippen molar-refractivity contribution in [2.45, 2.75) is 4.90 Å². The molecule has 2 heterocycles. The fraction of sp³-hybridized carbons (Fsp3) is 0.105. The zero-order chi connectivity index (χ0) is 19.2. The van der Waals surface area contributed by atoms with Crippen molar-refractivity contribution in [1.29, 1.82) is 0 Å². The number of hydrogen-bond donors (Lipinski definition) is 0.